The van der Waals surface area contributed by atoms with Crippen LogP contribution in [-0.2, 0) is 19.5 Å². The van der Waals surface area contributed by atoms with Crippen LogP contribution in [0.3, 0.4) is 0 Å². The summed E-state index contributed by atoms with van der Waals surface area (Å²) in [6, 6.07) is 14.6. The van der Waals surface area contributed by atoms with E-state index in [-0.39, 0.29) is 18.0 Å². The maximum absolute atomic E-state index is 12.7. The molecule has 0 bridgehead atoms. The van der Waals surface area contributed by atoms with Gasteiger partial charge in [0, 0.05) is 0 Å². The third kappa shape index (κ3) is 5.43. The first-order chi connectivity index (χ1) is 13.4. The van der Waals surface area contributed by atoms with Gasteiger partial charge < -0.3 is 9.47 Å². The second-order valence-electron chi connectivity index (χ2n) is 5.76. The van der Waals surface area contributed by atoms with Gasteiger partial charge in [0.05, 0.1) is 24.1 Å². The molecular weight excluding hydrogens is 382 g/mol. The lowest BCUT2D eigenvalue weighted by atomic mass is 10.2. The van der Waals surface area contributed by atoms with Crippen LogP contribution in [0.15, 0.2) is 71.6 Å². The summed E-state index contributed by atoms with van der Waals surface area (Å²) in [5.41, 5.74) is 1.30. The topological polar surface area (TPSA) is 90.0 Å². The average Bonchev–Trinajstić information content (AvgIpc) is 2.70. The summed E-state index contributed by atoms with van der Waals surface area (Å²) in [6.45, 7) is 1.51. The van der Waals surface area contributed by atoms with Crippen LogP contribution >= 0.6 is 0 Å². The van der Waals surface area contributed by atoms with E-state index in [2.05, 4.69) is 4.74 Å². The van der Waals surface area contributed by atoms with Crippen molar-refractivity contribution in [3.8, 4) is 0 Å². The SMILES string of the molecule is COC(=O)N(C/C=C/COC(=O)c1ccccc1)S(=O)(=O)c1ccc(C)cc1. The molecule has 0 fully saturated rings. The Morgan fingerprint density at radius 2 is 1.64 bits per heavy atom. The van der Waals surface area contributed by atoms with Crippen molar-refractivity contribution in [3.05, 3.63) is 77.9 Å². The highest BCUT2D eigenvalue weighted by Gasteiger charge is 2.29. The Hall–Kier alpha value is -3.13. The highest BCUT2D eigenvalue weighted by Crippen LogP contribution is 2.17. The first-order valence-corrected chi connectivity index (χ1v) is 9.85. The maximum atomic E-state index is 12.7. The lowest BCUT2D eigenvalue weighted by molar-refractivity contribution is 0.0549. The number of ether oxygens (including phenoxy) is 2. The van der Waals surface area contributed by atoms with Gasteiger partial charge in [0.25, 0.3) is 10.0 Å². The van der Waals surface area contributed by atoms with Crippen molar-refractivity contribution < 1.29 is 27.5 Å². The summed E-state index contributed by atoms with van der Waals surface area (Å²) in [4.78, 5) is 23.8. The number of benzene rings is 2. The summed E-state index contributed by atoms with van der Waals surface area (Å²) < 4.78 is 35.7. The highest BCUT2D eigenvalue weighted by atomic mass is 32.2. The summed E-state index contributed by atoms with van der Waals surface area (Å²) in [6.07, 6.45) is 1.87. The molecule has 0 heterocycles. The van der Waals surface area contributed by atoms with Crippen LogP contribution in [0.1, 0.15) is 15.9 Å². The Kier molecular flexibility index (Phi) is 7.34. The van der Waals surface area contributed by atoms with Gasteiger partial charge in [-0.3, -0.25) is 0 Å². The minimum absolute atomic E-state index is 0.0209. The number of amides is 1. The molecule has 2 rings (SSSR count). The largest absolute Gasteiger partial charge is 0.458 e. The molecule has 28 heavy (non-hydrogen) atoms. The second kappa shape index (κ2) is 9.70. The fourth-order valence-corrected chi connectivity index (χ4v) is 3.52. The zero-order valence-electron chi connectivity index (χ0n) is 15.6. The van der Waals surface area contributed by atoms with Gasteiger partial charge in [0.1, 0.15) is 6.61 Å². The number of esters is 1. The Morgan fingerprint density at radius 3 is 2.25 bits per heavy atom. The van der Waals surface area contributed by atoms with E-state index >= 15 is 0 Å². The molecule has 1 amide bonds. The van der Waals surface area contributed by atoms with Gasteiger partial charge in [-0.1, -0.05) is 42.0 Å². The van der Waals surface area contributed by atoms with Gasteiger partial charge >= 0.3 is 12.1 Å². The predicted molar refractivity (Wildman–Crippen MR) is 103 cm³/mol. The standard InChI is InChI=1S/C20H21NO6S/c1-16-10-12-18(13-11-16)28(24,25)21(20(23)26-2)14-6-7-15-27-19(22)17-8-4-3-5-9-17/h3-13H,14-15H2,1-2H3/b7-6+. The van der Waals surface area contributed by atoms with Crippen LogP contribution in [0.5, 0.6) is 0 Å². The van der Waals surface area contributed by atoms with E-state index in [0.29, 0.717) is 9.87 Å². The molecule has 2 aromatic carbocycles. The van der Waals surface area contributed by atoms with Gasteiger partial charge in [0.2, 0.25) is 0 Å². The Balaban J connectivity index is 2.02. The summed E-state index contributed by atoms with van der Waals surface area (Å²) in [5, 5.41) is 0. The van der Waals surface area contributed by atoms with Crippen molar-refractivity contribution in [1.29, 1.82) is 0 Å². The number of sulfonamides is 1. The minimum atomic E-state index is -4.08. The smallest absolute Gasteiger partial charge is 0.423 e. The van der Waals surface area contributed by atoms with Crippen molar-refractivity contribution in [2.45, 2.75) is 11.8 Å². The van der Waals surface area contributed by atoms with Gasteiger partial charge in [-0.05, 0) is 37.3 Å². The first kappa shape index (κ1) is 21.2. The molecule has 0 saturated carbocycles. The second-order valence-corrected chi connectivity index (χ2v) is 7.62. The first-order valence-electron chi connectivity index (χ1n) is 8.41. The molecule has 0 radical (unpaired) electrons. The highest BCUT2D eigenvalue weighted by molar-refractivity contribution is 7.89. The monoisotopic (exact) mass is 403 g/mol. The molecule has 0 aliphatic heterocycles. The lowest BCUT2D eigenvalue weighted by Crippen LogP contribution is -2.37. The molecule has 0 N–H and O–H groups in total. The van der Waals surface area contributed by atoms with E-state index in [1.807, 2.05) is 6.92 Å². The third-order valence-corrected chi connectivity index (χ3v) is 5.49. The van der Waals surface area contributed by atoms with Gasteiger partial charge in [-0.15, -0.1) is 0 Å². The zero-order chi connectivity index (χ0) is 20.6. The van der Waals surface area contributed by atoms with Gasteiger partial charge in [-0.2, -0.15) is 4.31 Å². The van der Waals surface area contributed by atoms with Crippen molar-refractivity contribution in [3.63, 3.8) is 0 Å². The number of carbonyl (C=O) groups is 2. The molecule has 0 saturated heterocycles. The molecule has 0 aliphatic carbocycles. The summed E-state index contributed by atoms with van der Waals surface area (Å²) >= 11 is 0. The number of rotatable bonds is 7. The molecule has 0 spiro atoms. The Labute approximate surface area is 164 Å². The van der Waals surface area contributed by atoms with Crippen molar-refractivity contribution >= 4 is 22.1 Å². The van der Waals surface area contributed by atoms with Crippen LogP contribution in [0, 0.1) is 6.92 Å². The molecule has 7 nitrogen and oxygen atoms in total. The maximum Gasteiger partial charge on any atom is 0.423 e. The zero-order valence-corrected chi connectivity index (χ0v) is 16.4. The number of nitrogens with zero attached hydrogens (tertiary/aromatic N) is 1. The van der Waals surface area contributed by atoms with E-state index in [4.69, 9.17) is 4.74 Å². The Bertz CT molecular complexity index is 936. The summed E-state index contributed by atoms with van der Waals surface area (Å²) in [7, 11) is -2.97. The average molecular weight is 403 g/mol. The third-order valence-electron chi connectivity index (χ3n) is 3.75. The van der Waals surface area contributed by atoms with E-state index in [0.717, 1.165) is 12.7 Å². The lowest BCUT2D eigenvalue weighted by Gasteiger charge is -2.19. The van der Waals surface area contributed by atoms with E-state index in [1.165, 1.54) is 24.3 Å². The van der Waals surface area contributed by atoms with Crippen LogP contribution in [-0.4, -0.2) is 45.0 Å². The normalized spacial score (nSPS) is 11.2. The van der Waals surface area contributed by atoms with Crippen LogP contribution in [0.2, 0.25) is 0 Å². The van der Waals surface area contributed by atoms with Gasteiger partial charge in [0.15, 0.2) is 0 Å². The van der Waals surface area contributed by atoms with Crippen LogP contribution < -0.4 is 0 Å². The van der Waals surface area contributed by atoms with Gasteiger partial charge in [-0.25, -0.2) is 18.0 Å². The predicted octanol–water partition coefficient (Wildman–Crippen LogP) is 3.17. The van der Waals surface area contributed by atoms with E-state index in [1.54, 1.807) is 42.5 Å². The van der Waals surface area contributed by atoms with Crippen LogP contribution in [0.4, 0.5) is 4.79 Å². The van der Waals surface area contributed by atoms with Crippen molar-refractivity contribution in [2.75, 3.05) is 20.3 Å². The molecule has 148 valence electrons. The molecular formula is C20H21NO6S. The number of methoxy groups -OCH3 is 1. The number of hydrogen-bond donors (Lipinski definition) is 0. The fourth-order valence-electron chi connectivity index (χ4n) is 2.23. The molecule has 2 aromatic rings. The number of carbonyl (C=O) groups excluding carboxylic acids is 2. The molecule has 0 aromatic heterocycles. The molecule has 8 heteroatoms. The molecule has 0 atom stereocenters. The minimum Gasteiger partial charge on any atom is -0.458 e. The number of aryl methyl sites for hydroxylation is 1. The van der Waals surface area contributed by atoms with Crippen molar-refractivity contribution in [2.24, 2.45) is 0 Å². The van der Waals surface area contributed by atoms with Crippen LogP contribution in [0.25, 0.3) is 0 Å². The summed E-state index contributed by atoms with van der Waals surface area (Å²) in [5.74, 6) is -0.498. The molecule has 0 unspecified atom stereocenters. The fraction of sp³-hybridized carbons (Fsp3) is 0.200. The quantitative estimate of drug-likeness (QED) is 0.521. The Morgan fingerprint density at radius 1 is 1.00 bits per heavy atom. The number of hydrogen-bond acceptors (Lipinski definition) is 6. The van der Waals surface area contributed by atoms with Crippen molar-refractivity contribution in [1.82, 2.24) is 4.31 Å². The van der Waals surface area contributed by atoms with E-state index < -0.39 is 22.1 Å². The van der Waals surface area contributed by atoms with E-state index in [9.17, 15) is 18.0 Å². The molecule has 0 aliphatic rings.